The molecule has 1 aliphatic carbocycles. The van der Waals surface area contributed by atoms with Gasteiger partial charge in [-0.1, -0.05) is 6.42 Å². The summed E-state index contributed by atoms with van der Waals surface area (Å²) in [5.74, 6) is -0.123. The van der Waals surface area contributed by atoms with Crippen LogP contribution in [0.2, 0.25) is 0 Å². The number of rotatable bonds is 4. The Bertz CT molecular complexity index is 430. The third-order valence-electron chi connectivity index (χ3n) is 3.45. The average molecular weight is 265 g/mol. The van der Waals surface area contributed by atoms with E-state index in [1.54, 1.807) is 25.6 Å². The van der Waals surface area contributed by atoms with Crippen molar-refractivity contribution in [3.8, 4) is 0 Å². The Morgan fingerprint density at radius 3 is 2.95 bits per heavy atom. The fourth-order valence-corrected chi connectivity index (χ4v) is 2.43. The second-order valence-electron chi connectivity index (χ2n) is 4.72. The zero-order valence-corrected chi connectivity index (χ0v) is 10.9. The molecule has 0 radical (unpaired) electrons. The normalized spacial score (nSPS) is 21.9. The molecular weight excluding hydrogens is 246 g/mol. The van der Waals surface area contributed by atoms with Crippen LogP contribution in [0, 0.1) is 5.92 Å². The van der Waals surface area contributed by atoms with Crippen molar-refractivity contribution in [2.24, 2.45) is 5.92 Å². The molecular formula is C13H19N3O3. The molecule has 0 spiro atoms. The Kier molecular flexibility index (Phi) is 4.43. The van der Waals surface area contributed by atoms with Gasteiger partial charge in [0, 0.05) is 25.2 Å². The van der Waals surface area contributed by atoms with Gasteiger partial charge in [-0.25, -0.2) is 4.79 Å². The summed E-state index contributed by atoms with van der Waals surface area (Å²) in [5.41, 5.74) is 0.907. The molecule has 1 aromatic rings. The van der Waals surface area contributed by atoms with Crippen molar-refractivity contribution in [1.29, 1.82) is 0 Å². The van der Waals surface area contributed by atoms with Crippen molar-refractivity contribution in [3.05, 3.63) is 24.2 Å². The maximum Gasteiger partial charge on any atom is 0.315 e. The van der Waals surface area contributed by atoms with Crippen LogP contribution in [0.1, 0.15) is 24.8 Å². The molecule has 2 unspecified atom stereocenters. The van der Waals surface area contributed by atoms with Gasteiger partial charge in [-0.05, 0) is 18.9 Å². The molecule has 1 aliphatic rings. The first-order valence-corrected chi connectivity index (χ1v) is 6.47. The van der Waals surface area contributed by atoms with Crippen molar-refractivity contribution < 1.29 is 14.0 Å². The first-order chi connectivity index (χ1) is 9.20. The maximum atomic E-state index is 11.8. The van der Waals surface area contributed by atoms with Gasteiger partial charge >= 0.3 is 6.03 Å². The van der Waals surface area contributed by atoms with E-state index in [1.807, 2.05) is 0 Å². The first kappa shape index (κ1) is 13.5. The second-order valence-corrected chi connectivity index (χ2v) is 4.72. The van der Waals surface area contributed by atoms with E-state index in [-0.39, 0.29) is 23.9 Å². The lowest BCUT2D eigenvalue weighted by atomic mass is 10.0. The number of hydrogen-bond acceptors (Lipinski definition) is 3. The summed E-state index contributed by atoms with van der Waals surface area (Å²) in [6.07, 6.45) is 5.78. The van der Waals surface area contributed by atoms with Gasteiger partial charge in [0.2, 0.25) is 5.91 Å². The van der Waals surface area contributed by atoms with Crippen LogP contribution in [0.15, 0.2) is 23.0 Å². The number of furan rings is 1. The van der Waals surface area contributed by atoms with Gasteiger partial charge in [-0.15, -0.1) is 0 Å². The lowest BCUT2D eigenvalue weighted by Crippen LogP contribution is -2.46. The lowest BCUT2D eigenvalue weighted by molar-refractivity contribution is -0.124. The third kappa shape index (κ3) is 3.49. The highest BCUT2D eigenvalue weighted by Crippen LogP contribution is 2.25. The van der Waals surface area contributed by atoms with E-state index in [0.29, 0.717) is 6.54 Å². The number of carbonyl (C=O) groups excluding carboxylic acids is 2. The molecule has 0 saturated heterocycles. The number of amides is 3. The number of carbonyl (C=O) groups is 2. The fourth-order valence-electron chi connectivity index (χ4n) is 2.43. The first-order valence-electron chi connectivity index (χ1n) is 6.47. The van der Waals surface area contributed by atoms with Crippen LogP contribution in [0.4, 0.5) is 4.79 Å². The van der Waals surface area contributed by atoms with Gasteiger partial charge in [-0.2, -0.15) is 0 Å². The van der Waals surface area contributed by atoms with Gasteiger partial charge in [0.05, 0.1) is 18.4 Å². The summed E-state index contributed by atoms with van der Waals surface area (Å²) in [6.45, 7) is 0.416. The van der Waals surface area contributed by atoms with Gasteiger partial charge < -0.3 is 20.4 Å². The molecule has 104 valence electrons. The Labute approximate surface area is 111 Å². The molecule has 0 aliphatic heterocycles. The molecule has 1 fully saturated rings. The quantitative estimate of drug-likeness (QED) is 0.759. The number of hydrogen-bond donors (Lipinski definition) is 3. The van der Waals surface area contributed by atoms with Gasteiger partial charge in [0.25, 0.3) is 0 Å². The molecule has 6 heteroatoms. The van der Waals surface area contributed by atoms with Crippen LogP contribution in [0.3, 0.4) is 0 Å². The predicted molar refractivity (Wildman–Crippen MR) is 69.3 cm³/mol. The van der Waals surface area contributed by atoms with Gasteiger partial charge in [-0.3, -0.25) is 4.79 Å². The van der Waals surface area contributed by atoms with Crippen LogP contribution in [0.25, 0.3) is 0 Å². The highest BCUT2D eigenvalue weighted by molar-refractivity contribution is 5.81. The van der Waals surface area contributed by atoms with E-state index < -0.39 is 0 Å². The van der Waals surface area contributed by atoms with E-state index in [4.69, 9.17) is 4.42 Å². The van der Waals surface area contributed by atoms with Gasteiger partial charge in [0.15, 0.2) is 0 Å². The van der Waals surface area contributed by atoms with E-state index in [2.05, 4.69) is 16.0 Å². The molecule has 19 heavy (non-hydrogen) atoms. The average Bonchev–Trinajstić information content (AvgIpc) is 3.06. The summed E-state index contributed by atoms with van der Waals surface area (Å²) in [4.78, 5) is 23.4. The molecule has 2 rings (SSSR count). The topological polar surface area (TPSA) is 83.4 Å². The van der Waals surface area contributed by atoms with Crippen LogP contribution in [-0.4, -0.2) is 25.0 Å². The summed E-state index contributed by atoms with van der Waals surface area (Å²) in [7, 11) is 1.62. The Morgan fingerprint density at radius 1 is 1.42 bits per heavy atom. The molecule has 1 saturated carbocycles. The van der Waals surface area contributed by atoms with Crippen LogP contribution >= 0.6 is 0 Å². The van der Waals surface area contributed by atoms with Crippen molar-refractivity contribution in [3.63, 3.8) is 0 Å². The summed E-state index contributed by atoms with van der Waals surface area (Å²) in [6, 6.07) is 1.47. The highest BCUT2D eigenvalue weighted by Gasteiger charge is 2.33. The van der Waals surface area contributed by atoms with E-state index in [0.717, 1.165) is 24.8 Å². The minimum atomic E-state index is -0.248. The molecule has 6 nitrogen and oxygen atoms in total. The zero-order valence-electron chi connectivity index (χ0n) is 10.9. The summed E-state index contributed by atoms with van der Waals surface area (Å²) in [5, 5.41) is 8.25. The zero-order chi connectivity index (χ0) is 13.7. The SMILES string of the molecule is CNC(=O)C1CCCC1NC(=O)NCc1ccoc1. The van der Waals surface area contributed by atoms with Gasteiger partial charge in [0.1, 0.15) is 0 Å². The van der Waals surface area contributed by atoms with Crippen molar-refractivity contribution >= 4 is 11.9 Å². The smallest absolute Gasteiger partial charge is 0.315 e. The van der Waals surface area contributed by atoms with E-state index >= 15 is 0 Å². The second kappa shape index (κ2) is 6.26. The number of nitrogens with one attached hydrogen (secondary N) is 3. The largest absolute Gasteiger partial charge is 0.472 e. The fraction of sp³-hybridized carbons (Fsp3) is 0.538. The minimum Gasteiger partial charge on any atom is -0.472 e. The molecule has 1 aromatic heterocycles. The van der Waals surface area contributed by atoms with E-state index in [1.165, 1.54) is 0 Å². The predicted octanol–water partition coefficient (Wildman–Crippen LogP) is 0.993. The standard InChI is InChI=1S/C13H19N3O3/c1-14-12(17)10-3-2-4-11(10)16-13(18)15-7-9-5-6-19-8-9/h5-6,8,10-11H,2-4,7H2,1H3,(H,14,17)(H2,15,16,18). The molecule has 2 atom stereocenters. The molecule has 1 heterocycles. The Hall–Kier alpha value is -1.98. The highest BCUT2D eigenvalue weighted by atomic mass is 16.3. The molecule has 0 aromatic carbocycles. The van der Waals surface area contributed by atoms with Crippen molar-refractivity contribution in [2.45, 2.75) is 31.8 Å². The maximum absolute atomic E-state index is 11.8. The Balaban J connectivity index is 1.79. The summed E-state index contributed by atoms with van der Waals surface area (Å²) >= 11 is 0. The van der Waals surface area contributed by atoms with Crippen LogP contribution in [-0.2, 0) is 11.3 Å². The van der Waals surface area contributed by atoms with Crippen molar-refractivity contribution in [1.82, 2.24) is 16.0 Å². The van der Waals surface area contributed by atoms with Crippen molar-refractivity contribution in [2.75, 3.05) is 7.05 Å². The Morgan fingerprint density at radius 2 is 2.26 bits per heavy atom. The number of urea groups is 1. The molecule has 3 amide bonds. The third-order valence-corrected chi connectivity index (χ3v) is 3.45. The van der Waals surface area contributed by atoms with E-state index in [9.17, 15) is 9.59 Å². The summed E-state index contributed by atoms with van der Waals surface area (Å²) < 4.78 is 4.92. The monoisotopic (exact) mass is 265 g/mol. The minimum absolute atomic E-state index is 0.00219. The molecule has 3 N–H and O–H groups in total. The van der Waals surface area contributed by atoms with Crippen LogP contribution in [0.5, 0.6) is 0 Å². The molecule has 0 bridgehead atoms. The lowest BCUT2D eigenvalue weighted by Gasteiger charge is -2.19. The van der Waals surface area contributed by atoms with Crippen LogP contribution < -0.4 is 16.0 Å².